The molecule has 7 heteroatoms. The number of thioether (sulfide) groups is 1. The molecule has 0 bridgehead atoms. The molecule has 0 spiro atoms. The summed E-state index contributed by atoms with van der Waals surface area (Å²) in [7, 11) is 0. The van der Waals surface area contributed by atoms with Crippen molar-refractivity contribution >= 4 is 39.2 Å². The molecule has 1 saturated heterocycles. The third kappa shape index (κ3) is 4.31. The average Bonchev–Trinajstić information content (AvgIpc) is 3.19. The zero-order valence-electron chi connectivity index (χ0n) is 15.2. The van der Waals surface area contributed by atoms with Gasteiger partial charge in [0.05, 0.1) is 5.25 Å². The van der Waals surface area contributed by atoms with Gasteiger partial charge in [-0.05, 0) is 23.9 Å². The second-order valence-corrected chi connectivity index (χ2v) is 8.89. The van der Waals surface area contributed by atoms with E-state index in [1.807, 2.05) is 29.3 Å². The lowest BCUT2D eigenvalue weighted by atomic mass is 10.2. The number of nitrogens with zero attached hydrogens (tertiary/aromatic N) is 4. The Kier molecular flexibility index (Phi) is 5.71. The van der Waals surface area contributed by atoms with Gasteiger partial charge >= 0.3 is 0 Å². The largest absolute Gasteiger partial charge is 0.339 e. The summed E-state index contributed by atoms with van der Waals surface area (Å²) in [5.74, 6) is 0.196. The second-order valence-electron chi connectivity index (χ2n) is 6.67. The van der Waals surface area contributed by atoms with Crippen molar-refractivity contribution in [1.29, 1.82) is 0 Å². The summed E-state index contributed by atoms with van der Waals surface area (Å²) < 4.78 is 0. The lowest BCUT2D eigenvalue weighted by Crippen LogP contribution is -2.50. The molecule has 0 aliphatic carbocycles. The van der Waals surface area contributed by atoms with E-state index >= 15 is 0 Å². The topological polar surface area (TPSA) is 49.3 Å². The third-order valence-electron chi connectivity index (χ3n) is 4.79. The van der Waals surface area contributed by atoms with Crippen LogP contribution in [0.4, 0.5) is 0 Å². The molecule has 2 aromatic heterocycles. The normalized spacial score (nSPS) is 16.6. The second kappa shape index (κ2) is 8.37. The van der Waals surface area contributed by atoms with Crippen LogP contribution in [0.5, 0.6) is 0 Å². The predicted molar refractivity (Wildman–Crippen MR) is 111 cm³/mol. The van der Waals surface area contributed by atoms with Crippen LogP contribution in [0.2, 0.25) is 0 Å². The lowest BCUT2D eigenvalue weighted by Gasteiger charge is -2.35. The Labute approximate surface area is 167 Å². The van der Waals surface area contributed by atoms with E-state index in [1.165, 1.54) is 17.3 Å². The maximum Gasteiger partial charge on any atom is 0.235 e. The number of piperazine rings is 1. The molecule has 1 aliphatic heterocycles. The van der Waals surface area contributed by atoms with Gasteiger partial charge in [0.25, 0.3) is 0 Å². The molecule has 1 atom stereocenters. The molecule has 0 radical (unpaired) electrons. The van der Waals surface area contributed by atoms with Crippen LogP contribution in [0.15, 0.2) is 53.1 Å². The van der Waals surface area contributed by atoms with Gasteiger partial charge in [0.15, 0.2) is 0 Å². The number of carbonyl (C=O) groups excluding carboxylic acids is 1. The van der Waals surface area contributed by atoms with Gasteiger partial charge in [-0.1, -0.05) is 42.1 Å². The third-order valence-corrected chi connectivity index (χ3v) is 6.72. The van der Waals surface area contributed by atoms with E-state index in [1.54, 1.807) is 17.7 Å². The number of thiophene rings is 1. The zero-order valence-corrected chi connectivity index (χ0v) is 16.9. The number of carbonyl (C=O) groups is 1. The van der Waals surface area contributed by atoms with Crippen molar-refractivity contribution in [3.63, 3.8) is 0 Å². The molecule has 4 rings (SSSR count). The van der Waals surface area contributed by atoms with E-state index in [2.05, 4.69) is 39.1 Å². The smallest absolute Gasteiger partial charge is 0.235 e. The van der Waals surface area contributed by atoms with E-state index in [0.717, 1.165) is 48.0 Å². The van der Waals surface area contributed by atoms with Crippen LogP contribution in [0.1, 0.15) is 12.5 Å². The minimum atomic E-state index is -0.149. The number of aromatic nitrogens is 2. The van der Waals surface area contributed by atoms with E-state index in [4.69, 9.17) is 0 Å². The Balaban J connectivity index is 1.33. The highest BCUT2D eigenvalue weighted by molar-refractivity contribution is 8.00. The van der Waals surface area contributed by atoms with Crippen LogP contribution >= 0.6 is 23.1 Å². The molecule has 27 heavy (non-hydrogen) atoms. The summed E-state index contributed by atoms with van der Waals surface area (Å²) in [6, 6.07) is 12.5. The van der Waals surface area contributed by atoms with Gasteiger partial charge < -0.3 is 4.90 Å². The molecule has 1 amide bonds. The number of hydrogen-bond donors (Lipinski definition) is 0. The van der Waals surface area contributed by atoms with Gasteiger partial charge in [0, 0.05) is 38.1 Å². The first-order valence-corrected chi connectivity index (χ1v) is 10.9. The van der Waals surface area contributed by atoms with Gasteiger partial charge in [-0.15, -0.1) is 11.3 Å². The van der Waals surface area contributed by atoms with E-state index in [0.29, 0.717) is 0 Å². The van der Waals surface area contributed by atoms with Gasteiger partial charge in [-0.3, -0.25) is 9.69 Å². The first-order chi connectivity index (χ1) is 13.2. The van der Waals surface area contributed by atoms with Crippen LogP contribution in [-0.2, 0) is 11.3 Å². The van der Waals surface area contributed by atoms with E-state index in [-0.39, 0.29) is 11.2 Å². The molecule has 0 unspecified atom stereocenters. The van der Waals surface area contributed by atoms with Crippen LogP contribution in [0, 0.1) is 0 Å². The zero-order chi connectivity index (χ0) is 18.6. The lowest BCUT2D eigenvalue weighted by molar-refractivity contribution is -0.132. The van der Waals surface area contributed by atoms with E-state index in [9.17, 15) is 4.79 Å². The Hall–Kier alpha value is -1.96. The molecule has 1 fully saturated rings. The molecule has 3 heterocycles. The van der Waals surface area contributed by atoms with Crippen molar-refractivity contribution in [2.75, 3.05) is 26.2 Å². The van der Waals surface area contributed by atoms with Crippen LogP contribution in [-0.4, -0.2) is 57.1 Å². The highest BCUT2D eigenvalue weighted by Crippen LogP contribution is 2.31. The molecule has 1 aromatic carbocycles. The fourth-order valence-corrected chi connectivity index (χ4v) is 5.09. The molecule has 0 saturated carbocycles. The summed E-state index contributed by atoms with van der Waals surface area (Å²) in [4.78, 5) is 26.9. The maximum atomic E-state index is 12.9. The first-order valence-electron chi connectivity index (χ1n) is 9.10. The summed E-state index contributed by atoms with van der Waals surface area (Å²) in [5, 5.41) is 3.80. The van der Waals surface area contributed by atoms with Gasteiger partial charge in [0.2, 0.25) is 5.91 Å². The summed E-state index contributed by atoms with van der Waals surface area (Å²) in [6.07, 6.45) is 1.58. The Morgan fingerprint density at radius 2 is 1.93 bits per heavy atom. The molecule has 5 nitrogen and oxygen atoms in total. The number of hydrogen-bond acceptors (Lipinski definition) is 6. The standard InChI is InChI=1S/C20H22N4OS2/c1-15(27-19-17-7-12-26-18(17)21-14-22-19)20(25)24-10-8-23(9-11-24)13-16-5-3-2-4-6-16/h2-7,12,14-15H,8-11,13H2,1H3/t15-/m1/s1. The molecule has 140 valence electrons. The summed E-state index contributed by atoms with van der Waals surface area (Å²) >= 11 is 3.13. The maximum absolute atomic E-state index is 12.9. The Bertz CT molecular complexity index is 907. The molecular formula is C20H22N4OS2. The van der Waals surface area contributed by atoms with Crippen molar-refractivity contribution in [2.45, 2.75) is 23.7 Å². The molecule has 3 aromatic rings. The molecule has 0 N–H and O–H groups in total. The fourth-order valence-electron chi connectivity index (χ4n) is 3.30. The van der Waals surface area contributed by atoms with Crippen molar-refractivity contribution in [3.8, 4) is 0 Å². The van der Waals surface area contributed by atoms with Crippen molar-refractivity contribution in [2.24, 2.45) is 0 Å². The SMILES string of the molecule is C[C@@H](Sc1ncnc2sccc12)C(=O)N1CCN(Cc2ccccc2)CC1. The van der Waals surface area contributed by atoms with Gasteiger partial charge in [0.1, 0.15) is 16.2 Å². The highest BCUT2D eigenvalue weighted by atomic mass is 32.2. The van der Waals surface area contributed by atoms with Crippen molar-refractivity contribution < 1.29 is 4.79 Å². The first kappa shape index (κ1) is 18.4. The van der Waals surface area contributed by atoms with Crippen molar-refractivity contribution in [1.82, 2.24) is 19.8 Å². The number of fused-ring (bicyclic) bond motifs is 1. The van der Waals surface area contributed by atoms with Crippen LogP contribution < -0.4 is 0 Å². The summed E-state index contributed by atoms with van der Waals surface area (Å²) in [6.45, 7) is 6.33. The quantitative estimate of drug-likeness (QED) is 0.486. The number of rotatable bonds is 5. The molecular weight excluding hydrogens is 376 g/mol. The predicted octanol–water partition coefficient (Wildman–Crippen LogP) is 3.52. The highest BCUT2D eigenvalue weighted by Gasteiger charge is 2.26. The Morgan fingerprint density at radius 1 is 1.15 bits per heavy atom. The van der Waals surface area contributed by atoms with Crippen LogP contribution in [0.3, 0.4) is 0 Å². The minimum absolute atomic E-state index is 0.149. The monoisotopic (exact) mass is 398 g/mol. The van der Waals surface area contributed by atoms with Crippen LogP contribution in [0.25, 0.3) is 10.2 Å². The van der Waals surface area contributed by atoms with Crippen molar-refractivity contribution in [3.05, 3.63) is 53.7 Å². The minimum Gasteiger partial charge on any atom is -0.339 e. The number of amides is 1. The Morgan fingerprint density at radius 3 is 2.70 bits per heavy atom. The average molecular weight is 399 g/mol. The van der Waals surface area contributed by atoms with Gasteiger partial charge in [-0.2, -0.15) is 0 Å². The van der Waals surface area contributed by atoms with E-state index < -0.39 is 0 Å². The fraction of sp³-hybridized carbons (Fsp3) is 0.350. The van der Waals surface area contributed by atoms with Gasteiger partial charge in [-0.25, -0.2) is 9.97 Å². The summed E-state index contributed by atoms with van der Waals surface area (Å²) in [5.41, 5.74) is 1.32. The number of benzene rings is 1. The molecule has 1 aliphatic rings.